The average molecular weight is 371 g/mol. The van der Waals surface area contributed by atoms with Crippen molar-refractivity contribution in [3.63, 3.8) is 0 Å². The summed E-state index contributed by atoms with van der Waals surface area (Å²) in [5.74, 6) is -0.0137. The maximum atomic E-state index is 12.9. The van der Waals surface area contributed by atoms with E-state index in [1.807, 2.05) is 6.07 Å². The van der Waals surface area contributed by atoms with Crippen LogP contribution in [0.25, 0.3) is 0 Å². The highest BCUT2D eigenvalue weighted by Gasteiger charge is 2.41. The van der Waals surface area contributed by atoms with Crippen molar-refractivity contribution in [2.24, 2.45) is 0 Å². The minimum absolute atomic E-state index is 0.265. The van der Waals surface area contributed by atoms with E-state index in [-0.39, 0.29) is 6.61 Å². The van der Waals surface area contributed by atoms with Gasteiger partial charge in [-0.3, -0.25) is 0 Å². The number of benzene rings is 2. The van der Waals surface area contributed by atoms with Gasteiger partial charge in [-0.25, -0.2) is 4.79 Å². The second-order valence-corrected chi connectivity index (χ2v) is 6.32. The monoisotopic (exact) mass is 371 g/mol. The molecule has 5 nitrogen and oxygen atoms in total. The topological polar surface area (TPSA) is 59.0 Å². The SMILES string of the molecule is CCN(CC)CCCOC(=O)[C@@](O)(c1ccccc1)c1ccc(OC)cc1. The van der Waals surface area contributed by atoms with Crippen molar-refractivity contribution in [3.05, 3.63) is 65.7 Å². The first-order valence-electron chi connectivity index (χ1n) is 9.38. The molecule has 5 heteroatoms. The molecule has 0 aliphatic carbocycles. The zero-order chi connectivity index (χ0) is 19.7. The van der Waals surface area contributed by atoms with Gasteiger partial charge in [0.05, 0.1) is 13.7 Å². The van der Waals surface area contributed by atoms with E-state index in [0.717, 1.165) is 26.1 Å². The molecule has 0 heterocycles. The third-order valence-corrected chi connectivity index (χ3v) is 4.74. The van der Waals surface area contributed by atoms with Crippen LogP contribution in [0.3, 0.4) is 0 Å². The molecule has 0 saturated carbocycles. The maximum Gasteiger partial charge on any atom is 0.347 e. The fraction of sp³-hybridized carbons (Fsp3) is 0.409. The minimum Gasteiger partial charge on any atom is -0.497 e. The van der Waals surface area contributed by atoms with Crippen LogP contribution < -0.4 is 4.74 Å². The third kappa shape index (κ3) is 5.08. The molecule has 0 saturated heterocycles. The molecule has 1 atom stereocenters. The number of hydrogen-bond acceptors (Lipinski definition) is 5. The van der Waals surface area contributed by atoms with Crippen molar-refractivity contribution < 1.29 is 19.4 Å². The fourth-order valence-corrected chi connectivity index (χ4v) is 3.01. The molecule has 0 radical (unpaired) electrons. The molecule has 0 aliphatic rings. The molecule has 2 aromatic carbocycles. The van der Waals surface area contributed by atoms with Gasteiger partial charge < -0.3 is 19.5 Å². The van der Waals surface area contributed by atoms with E-state index in [1.54, 1.807) is 55.6 Å². The van der Waals surface area contributed by atoms with Gasteiger partial charge in [0.25, 0.3) is 0 Å². The molecule has 0 spiro atoms. The highest BCUT2D eigenvalue weighted by molar-refractivity contribution is 5.85. The minimum atomic E-state index is -1.86. The van der Waals surface area contributed by atoms with Crippen LogP contribution in [0.1, 0.15) is 31.4 Å². The normalized spacial score (nSPS) is 13.2. The van der Waals surface area contributed by atoms with Crippen LogP contribution in [-0.4, -0.2) is 49.3 Å². The Kier molecular flexibility index (Phi) is 7.82. The second-order valence-electron chi connectivity index (χ2n) is 6.32. The Morgan fingerprint density at radius 1 is 1.00 bits per heavy atom. The van der Waals surface area contributed by atoms with E-state index >= 15 is 0 Å². The summed E-state index contributed by atoms with van der Waals surface area (Å²) in [6.07, 6.45) is 0.723. The Hall–Kier alpha value is -2.37. The Morgan fingerprint density at radius 3 is 2.15 bits per heavy atom. The summed E-state index contributed by atoms with van der Waals surface area (Å²) in [6.45, 7) is 7.25. The predicted octanol–water partition coefficient (Wildman–Crippen LogP) is 3.21. The van der Waals surface area contributed by atoms with E-state index in [9.17, 15) is 9.90 Å². The second kappa shape index (κ2) is 10.1. The summed E-state index contributed by atoms with van der Waals surface area (Å²) in [5.41, 5.74) is -0.935. The number of nitrogens with zero attached hydrogens (tertiary/aromatic N) is 1. The van der Waals surface area contributed by atoms with Crippen molar-refractivity contribution in [1.29, 1.82) is 0 Å². The number of hydrogen-bond donors (Lipinski definition) is 1. The first-order valence-corrected chi connectivity index (χ1v) is 9.38. The number of ether oxygens (including phenoxy) is 2. The van der Waals surface area contributed by atoms with E-state index in [2.05, 4.69) is 18.7 Å². The summed E-state index contributed by atoms with van der Waals surface area (Å²) in [4.78, 5) is 15.2. The van der Waals surface area contributed by atoms with Crippen LogP contribution in [0.5, 0.6) is 5.75 Å². The van der Waals surface area contributed by atoms with Gasteiger partial charge in [-0.2, -0.15) is 0 Å². The summed E-state index contributed by atoms with van der Waals surface area (Å²) < 4.78 is 10.6. The van der Waals surface area contributed by atoms with E-state index < -0.39 is 11.6 Å². The van der Waals surface area contributed by atoms with Gasteiger partial charge in [0, 0.05) is 6.54 Å². The zero-order valence-corrected chi connectivity index (χ0v) is 16.4. The van der Waals surface area contributed by atoms with Crippen LogP contribution in [0.4, 0.5) is 0 Å². The van der Waals surface area contributed by atoms with Gasteiger partial charge in [0.1, 0.15) is 5.75 Å². The molecule has 0 fully saturated rings. The summed E-state index contributed by atoms with van der Waals surface area (Å²) >= 11 is 0. The lowest BCUT2D eigenvalue weighted by atomic mass is 9.86. The first kappa shape index (κ1) is 20.9. The molecule has 0 aromatic heterocycles. The van der Waals surface area contributed by atoms with E-state index in [0.29, 0.717) is 16.9 Å². The summed E-state index contributed by atoms with van der Waals surface area (Å²) in [5, 5.41) is 11.4. The highest BCUT2D eigenvalue weighted by Crippen LogP contribution is 2.32. The van der Waals surface area contributed by atoms with Gasteiger partial charge in [-0.15, -0.1) is 0 Å². The molecule has 2 aromatic rings. The van der Waals surface area contributed by atoms with Gasteiger partial charge in [-0.1, -0.05) is 56.3 Å². The van der Waals surface area contributed by atoms with Gasteiger partial charge in [0.15, 0.2) is 0 Å². The predicted molar refractivity (Wildman–Crippen MR) is 106 cm³/mol. The summed E-state index contributed by atoms with van der Waals surface area (Å²) in [6, 6.07) is 15.7. The highest BCUT2D eigenvalue weighted by atomic mass is 16.5. The zero-order valence-electron chi connectivity index (χ0n) is 16.4. The number of methoxy groups -OCH3 is 1. The Labute approximate surface area is 161 Å². The summed E-state index contributed by atoms with van der Waals surface area (Å²) in [7, 11) is 1.57. The smallest absolute Gasteiger partial charge is 0.347 e. The van der Waals surface area contributed by atoms with E-state index in [4.69, 9.17) is 9.47 Å². The Morgan fingerprint density at radius 2 is 1.59 bits per heavy atom. The van der Waals surface area contributed by atoms with Crippen LogP contribution in [0.15, 0.2) is 54.6 Å². The lowest BCUT2D eigenvalue weighted by Crippen LogP contribution is -2.39. The largest absolute Gasteiger partial charge is 0.497 e. The van der Waals surface area contributed by atoms with Gasteiger partial charge >= 0.3 is 5.97 Å². The molecule has 0 unspecified atom stereocenters. The molecule has 0 amide bonds. The number of carbonyl (C=O) groups excluding carboxylic acids is 1. The molecular formula is C22H29NO4. The van der Waals surface area contributed by atoms with Crippen molar-refractivity contribution in [2.75, 3.05) is 33.4 Å². The third-order valence-electron chi connectivity index (χ3n) is 4.74. The van der Waals surface area contributed by atoms with Crippen molar-refractivity contribution in [1.82, 2.24) is 4.90 Å². The molecular weight excluding hydrogens is 342 g/mol. The molecule has 0 aliphatic heterocycles. The Balaban J connectivity index is 2.18. The molecule has 1 N–H and O–H groups in total. The van der Waals surface area contributed by atoms with Crippen LogP contribution >= 0.6 is 0 Å². The number of aliphatic hydroxyl groups is 1. The fourth-order valence-electron chi connectivity index (χ4n) is 3.01. The van der Waals surface area contributed by atoms with Crippen molar-refractivity contribution >= 4 is 5.97 Å². The molecule has 27 heavy (non-hydrogen) atoms. The standard InChI is InChI=1S/C22H29NO4/c1-4-23(5-2)16-9-17-27-21(24)22(25,18-10-7-6-8-11-18)19-12-14-20(26-3)15-13-19/h6-8,10-15,25H,4-5,9,16-17H2,1-3H3/t22-/m1/s1. The average Bonchev–Trinajstić information content (AvgIpc) is 2.73. The first-order chi connectivity index (χ1) is 13.1. The van der Waals surface area contributed by atoms with Crippen LogP contribution in [-0.2, 0) is 15.1 Å². The van der Waals surface area contributed by atoms with Crippen molar-refractivity contribution in [3.8, 4) is 5.75 Å². The van der Waals surface area contributed by atoms with Crippen LogP contribution in [0.2, 0.25) is 0 Å². The number of carbonyl (C=O) groups is 1. The lowest BCUT2D eigenvalue weighted by molar-refractivity contribution is -0.162. The maximum absolute atomic E-state index is 12.9. The number of rotatable bonds is 10. The molecule has 146 valence electrons. The van der Waals surface area contributed by atoms with Crippen molar-refractivity contribution in [2.45, 2.75) is 25.9 Å². The van der Waals surface area contributed by atoms with E-state index in [1.165, 1.54) is 0 Å². The quantitative estimate of drug-likeness (QED) is 0.513. The van der Waals surface area contributed by atoms with Gasteiger partial charge in [-0.05, 0) is 42.8 Å². The van der Waals surface area contributed by atoms with Crippen LogP contribution in [0, 0.1) is 0 Å². The lowest BCUT2D eigenvalue weighted by Gasteiger charge is -2.27. The Bertz CT molecular complexity index is 698. The van der Waals surface area contributed by atoms with Gasteiger partial charge in [0.2, 0.25) is 5.60 Å². The molecule has 2 rings (SSSR count). The number of esters is 1. The molecule has 0 bridgehead atoms.